The molecule has 0 amide bonds. The molecule has 0 atom stereocenters. The van der Waals surface area contributed by atoms with Gasteiger partial charge in [-0.05, 0) is 75.2 Å². The van der Waals surface area contributed by atoms with Crippen LogP contribution in [0.4, 0.5) is 17.1 Å². The monoisotopic (exact) mass is 529 g/mol. The smallest absolute Gasteiger partial charge is 0.423 e. The average Bonchev–Trinajstić information content (AvgIpc) is 3.33. The van der Waals surface area contributed by atoms with E-state index in [0.29, 0.717) is 5.46 Å². The highest BCUT2D eigenvalue weighted by molar-refractivity contribution is 6.58. The van der Waals surface area contributed by atoms with Crippen molar-refractivity contribution in [1.29, 1.82) is 0 Å². The topological polar surface area (TPSA) is 43.7 Å². The molecular formula is C37H28BNO2. The van der Waals surface area contributed by atoms with Crippen molar-refractivity contribution in [3.8, 4) is 11.1 Å². The zero-order valence-electron chi connectivity index (χ0n) is 22.4. The van der Waals surface area contributed by atoms with Crippen molar-refractivity contribution in [1.82, 2.24) is 0 Å². The van der Waals surface area contributed by atoms with E-state index < -0.39 is 12.5 Å². The van der Waals surface area contributed by atoms with Crippen LogP contribution in [0.2, 0.25) is 0 Å². The van der Waals surface area contributed by atoms with Crippen molar-refractivity contribution >= 4 is 29.6 Å². The molecule has 0 radical (unpaired) electrons. The van der Waals surface area contributed by atoms with E-state index in [4.69, 9.17) is 0 Å². The Balaban J connectivity index is 1.51. The average molecular weight is 529 g/mol. The molecule has 0 fully saturated rings. The van der Waals surface area contributed by atoms with Crippen molar-refractivity contribution < 1.29 is 10.0 Å². The van der Waals surface area contributed by atoms with E-state index in [1.165, 1.54) is 33.4 Å². The lowest BCUT2D eigenvalue weighted by Gasteiger charge is -2.35. The van der Waals surface area contributed by atoms with Gasteiger partial charge in [-0.25, -0.2) is 0 Å². The molecule has 0 saturated carbocycles. The first kappa shape index (κ1) is 25.1. The molecule has 7 rings (SSSR count). The maximum Gasteiger partial charge on any atom is 0.488 e. The number of anilines is 3. The van der Waals surface area contributed by atoms with Crippen LogP contribution in [0.1, 0.15) is 22.3 Å². The van der Waals surface area contributed by atoms with E-state index in [1.807, 2.05) is 30.3 Å². The lowest BCUT2D eigenvalue weighted by Crippen LogP contribution is -2.29. The third-order valence-corrected chi connectivity index (χ3v) is 8.16. The van der Waals surface area contributed by atoms with Gasteiger partial charge in [-0.2, -0.15) is 0 Å². The second kappa shape index (κ2) is 10.3. The molecule has 4 heteroatoms. The number of nitrogens with zero attached hydrogens (tertiary/aromatic N) is 1. The lowest BCUT2D eigenvalue weighted by atomic mass is 9.67. The van der Waals surface area contributed by atoms with Crippen LogP contribution in [-0.4, -0.2) is 17.2 Å². The van der Waals surface area contributed by atoms with Crippen LogP contribution in [0.25, 0.3) is 11.1 Å². The lowest BCUT2D eigenvalue weighted by molar-refractivity contribution is 0.426. The fourth-order valence-electron chi connectivity index (χ4n) is 6.39. The quantitative estimate of drug-likeness (QED) is 0.224. The molecule has 0 saturated heterocycles. The van der Waals surface area contributed by atoms with Crippen LogP contribution >= 0.6 is 0 Å². The van der Waals surface area contributed by atoms with E-state index in [9.17, 15) is 10.0 Å². The Morgan fingerprint density at radius 2 is 0.927 bits per heavy atom. The zero-order valence-corrected chi connectivity index (χ0v) is 22.4. The summed E-state index contributed by atoms with van der Waals surface area (Å²) in [5.41, 5.74) is 10.4. The third kappa shape index (κ3) is 4.08. The highest BCUT2D eigenvalue weighted by Gasteiger charge is 2.46. The molecule has 6 aromatic carbocycles. The molecule has 1 aliphatic carbocycles. The molecule has 196 valence electrons. The van der Waals surface area contributed by atoms with E-state index in [2.05, 4.69) is 120 Å². The maximum absolute atomic E-state index is 9.69. The summed E-state index contributed by atoms with van der Waals surface area (Å²) in [5, 5.41) is 19.4. The molecule has 41 heavy (non-hydrogen) atoms. The van der Waals surface area contributed by atoms with Crippen LogP contribution in [-0.2, 0) is 5.41 Å². The minimum absolute atomic E-state index is 0.457. The summed E-state index contributed by atoms with van der Waals surface area (Å²) >= 11 is 0. The fraction of sp³-hybridized carbons (Fsp3) is 0.0270. The van der Waals surface area contributed by atoms with Gasteiger partial charge in [0, 0.05) is 17.1 Å². The van der Waals surface area contributed by atoms with Gasteiger partial charge in [0.1, 0.15) is 0 Å². The number of hydrogen-bond acceptors (Lipinski definition) is 3. The SMILES string of the molecule is OB(O)c1ccc(N(c2ccccc2)c2ccc3c(c2)C(c2ccccc2)(c2ccccc2)c2ccccc2-3)cc1. The normalized spacial score (nSPS) is 12.8. The first-order valence-electron chi connectivity index (χ1n) is 13.8. The summed E-state index contributed by atoms with van der Waals surface area (Å²) < 4.78 is 0. The highest BCUT2D eigenvalue weighted by atomic mass is 16.4. The molecule has 0 aromatic heterocycles. The summed E-state index contributed by atoms with van der Waals surface area (Å²) in [7, 11) is -1.51. The van der Waals surface area contributed by atoms with Crippen molar-refractivity contribution in [2.45, 2.75) is 5.41 Å². The highest BCUT2D eigenvalue weighted by Crippen LogP contribution is 2.57. The second-order valence-electron chi connectivity index (χ2n) is 10.4. The molecule has 0 heterocycles. The van der Waals surface area contributed by atoms with Crippen molar-refractivity contribution in [2.24, 2.45) is 0 Å². The summed E-state index contributed by atoms with van der Waals surface area (Å²) in [5.74, 6) is 0. The van der Waals surface area contributed by atoms with Crippen LogP contribution in [0, 0.1) is 0 Å². The number of para-hydroxylation sites is 1. The minimum atomic E-state index is -1.51. The van der Waals surface area contributed by atoms with Crippen LogP contribution in [0.5, 0.6) is 0 Å². The molecule has 2 N–H and O–H groups in total. The van der Waals surface area contributed by atoms with E-state index in [-0.39, 0.29) is 0 Å². The van der Waals surface area contributed by atoms with Crippen LogP contribution in [0.3, 0.4) is 0 Å². The Kier molecular flexibility index (Phi) is 6.28. The van der Waals surface area contributed by atoms with Gasteiger partial charge < -0.3 is 14.9 Å². The predicted octanol–water partition coefficient (Wildman–Crippen LogP) is 7.20. The summed E-state index contributed by atoms with van der Waals surface area (Å²) in [6, 6.07) is 54.8. The third-order valence-electron chi connectivity index (χ3n) is 8.16. The van der Waals surface area contributed by atoms with Gasteiger partial charge in [-0.1, -0.05) is 121 Å². The van der Waals surface area contributed by atoms with Crippen LogP contribution in [0.15, 0.2) is 158 Å². The Bertz CT molecular complexity index is 1760. The molecule has 1 aliphatic rings. The van der Waals surface area contributed by atoms with Crippen molar-refractivity contribution in [3.05, 3.63) is 180 Å². The van der Waals surface area contributed by atoms with Gasteiger partial charge in [-0.15, -0.1) is 0 Å². The van der Waals surface area contributed by atoms with E-state index in [0.717, 1.165) is 17.1 Å². The maximum atomic E-state index is 9.69. The fourth-order valence-corrected chi connectivity index (χ4v) is 6.39. The van der Waals surface area contributed by atoms with E-state index >= 15 is 0 Å². The van der Waals surface area contributed by atoms with Gasteiger partial charge in [0.15, 0.2) is 0 Å². The molecule has 3 nitrogen and oxygen atoms in total. The molecule has 6 aromatic rings. The Hall–Kier alpha value is -4.90. The van der Waals surface area contributed by atoms with Gasteiger partial charge in [0.25, 0.3) is 0 Å². The molecule has 0 unspecified atom stereocenters. The standard InChI is InChI=1S/C37H28BNO2/c40-38(41)29-20-22-31(23-21-29)39(30-16-8-3-9-17-30)32-24-25-34-33-18-10-11-19-35(33)37(36(34)26-32,27-12-4-1-5-13-27)28-14-6-2-7-15-28/h1-26,40-41H. The largest absolute Gasteiger partial charge is 0.488 e. The Morgan fingerprint density at radius 3 is 1.54 bits per heavy atom. The molecular weight excluding hydrogens is 501 g/mol. The Morgan fingerprint density at radius 1 is 0.439 bits per heavy atom. The number of benzene rings is 6. The molecule has 0 bridgehead atoms. The first-order chi connectivity index (χ1) is 20.2. The van der Waals surface area contributed by atoms with Gasteiger partial charge in [0.05, 0.1) is 5.41 Å². The zero-order chi connectivity index (χ0) is 27.8. The molecule has 0 spiro atoms. The predicted molar refractivity (Wildman–Crippen MR) is 168 cm³/mol. The van der Waals surface area contributed by atoms with Gasteiger partial charge in [-0.3, -0.25) is 0 Å². The number of hydrogen-bond donors (Lipinski definition) is 2. The molecule has 0 aliphatic heterocycles. The van der Waals surface area contributed by atoms with Crippen LogP contribution < -0.4 is 10.4 Å². The minimum Gasteiger partial charge on any atom is -0.423 e. The van der Waals surface area contributed by atoms with Gasteiger partial charge >= 0.3 is 7.12 Å². The first-order valence-corrected chi connectivity index (χ1v) is 13.8. The van der Waals surface area contributed by atoms with E-state index in [1.54, 1.807) is 12.1 Å². The van der Waals surface area contributed by atoms with Crippen molar-refractivity contribution in [3.63, 3.8) is 0 Å². The van der Waals surface area contributed by atoms with Gasteiger partial charge in [0.2, 0.25) is 0 Å². The summed E-state index contributed by atoms with van der Waals surface area (Å²) in [6.45, 7) is 0. The number of fused-ring (bicyclic) bond motifs is 3. The summed E-state index contributed by atoms with van der Waals surface area (Å²) in [6.07, 6.45) is 0. The van der Waals surface area contributed by atoms with Crippen molar-refractivity contribution in [2.75, 3.05) is 4.90 Å². The summed E-state index contributed by atoms with van der Waals surface area (Å²) in [4.78, 5) is 2.22. The Labute approximate surface area is 240 Å². The number of rotatable bonds is 6. The second-order valence-corrected chi connectivity index (χ2v) is 10.4.